The SMILES string of the molecule is CC(C)C(N[C@@H](C)C1CCCCC1)c1ccccc1. The Morgan fingerprint density at radius 2 is 1.58 bits per heavy atom. The van der Waals surface area contributed by atoms with E-state index < -0.39 is 0 Å². The molecule has 0 amide bonds. The van der Waals surface area contributed by atoms with Crippen molar-refractivity contribution in [3.8, 4) is 0 Å². The van der Waals surface area contributed by atoms with E-state index >= 15 is 0 Å². The number of hydrogen-bond acceptors (Lipinski definition) is 1. The minimum absolute atomic E-state index is 0.484. The van der Waals surface area contributed by atoms with Crippen LogP contribution in [0.25, 0.3) is 0 Å². The first-order valence-electron chi connectivity index (χ1n) is 7.99. The van der Waals surface area contributed by atoms with Crippen molar-refractivity contribution in [1.82, 2.24) is 5.32 Å². The second-order valence-electron chi connectivity index (χ2n) is 6.49. The Kier molecular flexibility index (Phi) is 5.45. The third-order valence-electron chi connectivity index (χ3n) is 4.62. The van der Waals surface area contributed by atoms with Crippen molar-refractivity contribution in [3.63, 3.8) is 0 Å². The van der Waals surface area contributed by atoms with Gasteiger partial charge in [0.15, 0.2) is 0 Å². The maximum Gasteiger partial charge on any atom is 0.0345 e. The smallest absolute Gasteiger partial charge is 0.0345 e. The summed E-state index contributed by atoms with van der Waals surface area (Å²) in [4.78, 5) is 0. The highest BCUT2D eigenvalue weighted by molar-refractivity contribution is 5.19. The molecule has 2 rings (SSSR count). The van der Waals surface area contributed by atoms with Gasteiger partial charge in [0.05, 0.1) is 0 Å². The van der Waals surface area contributed by atoms with Crippen LogP contribution in [0.3, 0.4) is 0 Å². The molecule has 1 fully saturated rings. The summed E-state index contributed by atoms with van der Waals surface area (Å²) >= 11 is 0. The number of hydrogen-bond donors (Lipinski definition) is 1. The Hall–Kier alpha value is -0.820. The molecule has 1 N–H and O–H groups in total. The van der Waals surface area contributed by atoms with Crippen molar-refractivity contribution in [2.24, 2.45) is 11.8 Å². The van der Waals surface area contributed by atoms with Gasteiger partial charge in [0.25, 0.3) is 0 Å². The van der Waals surface area contributed by atoms with E-state index in [-0.39, 0.29) is 0 Å². The van der Waals surface area contributed by atoms with Gasteiger partial charge in [0.2, 0.25) is 0 Å². The van der Waals surface area contributed by atoms with Crippen molar-refractivity contribution in [1.29, 1.82) is 0 Å². The fraction of sp³-hybridized carbons (Fsp3) is 0.667. The van der Waals surface area contributed by atoms with Crippen LogP contribution >= 0.6 is 0 Å². The molecule has 1 aliphatic carbocycles. The lowest BCUT2D eigenvalue weighted by molar-refractivity contribution is 0.246. The van der Waals surface area contributed by atoms with Gasteiger partial charge < -0.3 is 5.32 Å². The summed E-state index contributed by atoms with van der Waals surface area (Å²) in [6.45, 7) is 7.02. The third-order valence-corrected chi connectivity index (χ3v) is 4.62. The van der Waals surface area contributed by atoms with E-state index in [1.165, 1.54) is 37.7 Å². The topological polar surface area (TPSA) is 12.0 Å². The summed E-state index contributed by atoms with van der Waals surface area (Å²) < 4.78 is 0. The van der Waals surface area contributed by atoms with E-state index in [0.717, 1.165) is 5.92 Å². The molecule has 1 aromatic rings. The first kappa shape index (κ1) is 14.6. The van der Waals surface area contributed by atoms with Gasteiger partial charge in [-0.3, -0.25) is 0 Å². The minimum Gasteiger partial charge on any atom is -0.307 e. The van der Waals surface area contributed by atoms with Gasteiger partial charge in [-0.25, -0.2) is 0 Å². The predicted octanol–water partition coefficient (Wildman–Crippen LogP) is 4.94. The van der Waals surface area contributed by atoms with E-state index in [2.05, 4.69) is 56.4 Å². The summed E-state index contributed by atoms with van der Waals surface area (Å²) in [6.07, 6.45) is 7.11. The summed E-state index contributed by atoms with van der Waals surface area (Å²) in [5, 5.41) is 3.90. The van der Waals surface area contributed by atoms with E-state index in [4.69, 9.17) is 0 Å². The normalized spacial score (nSPS) is 20.4. The first-order valence-corrected chi connectivity index (χ1v) is 7.99. The van der Waals surface area contributed by atoms with Crippen molar-refractivity contribution in [3.05, 3.63) is 35.9 Å². The molecule has 19 heavy (non-hydrogen) atoms. The van der Waals surface area contributed by atoms with Crippen LogP contribution in [0.1, 0.15) is 64.5 Å². The van der Waals surface area contributed by atoms with Crippen LogP contribution in [0, 0.1) is 11.8 Å². The van der Waals surface area contributed by atoms with E-state index in [1.807, 2.05) is 0 Å². The van der Waals surface area contributed by atoms with Gasteiger partial charge in [-0.1, -0.05) is 63.4 Å². The fourth-order valence-corrected chi connectivity index (χ4v) is 3.39. The lowest BCUT2D eigenvalue weighted by atomic mass is 9.83. The molecule has 1 nitrogen and oxygen atoms in total. The molecule has 0 spiro atoms. The summed E-state index contributed by atoms with van der Waals surface area (Å²) in [7, 11) is 0. The van der Waals surface area contributed by atoms with Gasteiger partial charge in [-0.2, -0.15) is 0 Å². The molecule has 1 saturated carbocycles. The standard InChI is InChI=1S/C18H29N/c1-14(2)18(17-12-8-5-9-13-17)19-15(3)16-10-6-4-7-11-16/h5,8-9,12-16,18-19H,4,6-7,10-11H2,1-3H3/t15-,18?/m0/s1. The third kappa shape index (κ3) is 4.07. The molecule has 0 bridgehead atoms. The molecule has 1 unspecified atom stereocenters. The Balaban J connectivity index is 2.00. The zero-order valence-corrected chi connectivity index (χ0v) is 12.7. The van der Waals surface area contributed by atoms with Crippen LogP contribution in [-0.4, -0.2) is 6.04 Å². The molecular formula is C18H29N. The maximum atomic E-state index is 3.90. The number of benzene rings is 1. The first-order chi connectivity index (χ1) is 9.18. The van der Waals surface area contributed by atoms with Crippen molar-refractivity contribution in [2.75, 3.05) is 0 Å². The average Bonchev–Trinajstić information content (AvgIpc) is 2.46. The summed E-state index contributed by atoms with van der Waals surface area (Å²) in [5.74, 6) is 1.51. The van der Waals surface area contributed by atoms with Crippen molar-refractivity contribution >= 4 is 0 Å². The molecule has 0 aliphatic heterocycles. The molecule has 0 saturated heterocycles. The monoisotopic (exact) mass is 259 g/mol. The molecule has 0 heterocycles. The van der Waals surface area contributed by atoms with Crippen LogP contribution in [0.4, 0.5) is 0 Å². The van der Waals surface area contributed by atoms with Crippen molar-refractivity contribution in [2.45, 2.75) is 65.0 Å². The molecule has 1 heteroatoms. The molecular weight excluding hydrogens is 230 g/mol. The molecule has 2 atom stereocenters. The fourth-order valence-electron chi connectivity index (χ4n) is 3.39. The Morgan fingerprint density at radius 3 is 2.16 bits per heavy atom. The largest absolute Gasteiger partial charge is 0.307 e. The second kappa shape index (κ2) is 7.09. The Morgan fingerprint density at radius 1 is 0.947 bits per heavy atom. The summed E-state index contributed by atoms with van der Waals surface area (Å²) in [5.41, 5.74) is 1.43. The van der Waals surface area contributed by atoms with Gasteiger partial charge >= 0.3 is 0 Å². The molecule has 106 valence electrons. The lowest BCUT2D eigenvalue weighted by Gasteiger charge is -2.33. The van der Waals surface area contributed by atoms with E-state index in [1.54, 1.807) is 0 Å². The number of rotatable bonds is 5. The highest BCUT2D eigenvalue weighted by Gasteiger charge is 2.24. The van der Waals surface area contributed by atoms with Gasteiger partial charge in [-0.15, -0.1) is 0 Å². The zero-order chi connectivity index (χ0) is 13.7. The second-order valence-corrected chi connectivity index (χ2v) is 6.49. The highest BCUT2D eigenvalue weighted by Crippen LogP contribution is 2.29. The molecule has 1 aliphatic rings. The quantitative estimate of drug-likeness (QED) is 0.789. The summed E-state index contributed by atoms with van der Waals surface area (Å²) in [6, 6.07) is 12.0. The average molecular weight is 259 g/mol. The van der Waals surface area contributed by atoms with Gasteiger partial charge in [0, 0.05) is 12.1 Å². The van der Waals surface area contributed by atoms with Crippen LogP contribution in [0.15, 0.2) is 30.3 Å². The maximum absolute atomic E-state index is 3.90. The molecule has 1 aromatic carbocycles. The Labute approximate surface area is 118 Å². The van der Waals surface area contributed by atoms with Crippen LogP contribution in [-0.2, 0) is 0 Å². The minimum atomic E-state index is 0.484. The highest BCUT2D eigenvalue weighted by atomic mass is 15.0. The predicted molar refractivity (Wildman–Crippen MR) is 83.2 cm³/mol. The van der Waals surface area contributed by atoms with Crippen LogP contribution < -0.4 is 5.32 Å². The molecule has 0 aromatic heterocycles. The van der Waals surface area contributed by atoms with Gasteiger partial charge in [0.1, 0.15) is 0 Å². The zero-order valence-electron chi connectivity index (χ0n) is 12.7. The van der Waals surface area contributed by atoms with Crippen LogP contribution in [0.2, 0.25) is 0 Å². The van der Waals surface area contributed by atoms with E-state index in [9.17, 15) is 0 Å². The molecule has 0 radical (unpaired) electrons. The van der Waals surface area contributed by atoms with Crippen LogP contribution in [0.5, 0.6) is 0 Å². The lowest BCUT2D eigenvalue weighted by Crippen LogP contribution is -2.39. The van der Waals surface area contributed by atoms with E-state index in [0.29, 0.717) is 18.0 Å². The Bertz CT molecular complexity index is 351. The van der Waals surface area contributed by atoms with Crippen molar-refractivity contribution < 1.29 is 0 Å². The van der Waals surface area contributed by atoms with Gasteiger partial charge in [-0.05, 0) is 37.2 Å². The number of nitrogens with one attached hydrogen (secondary N) is 1.